The van der Waals surface area contributed by atoms with Gasteiger partial charge >= 0.3 is 5.97 Å². The molecule has 96 valence electrons. The molecule has 1 heterocycles. The third-order valence-electron chi connectivity index (χ3n) is 2.47. The van der Waals surface area contributed by atoms with Crippen molar-refractivity contribution >= 4 is 27.4 Å². The van der Waals surface area contributed by atoms with Crippen molar-refractivity contribution in [2.45, 2.75) is 6.92 Å². The third-order valence-corrected chi connectivity index (χ3v) is 3.33. The zero-order valence-electron chi connectivity index (χ0n) is 10.0. The van der Waals surface area contributed by atoms with Crippen LogP contribution in [0.5, 0.6) is 5.75 Å². The van der Waals surface area contributed by atoms with E-state index in [0.29, 0.717) is 25.6 Å². The number of carboxylic acid groups (broad SMARTS) is 1. The van der Waals surface area contributed by atoms with Gasteiger partial charge < -0.3 is 14.6 Å². The molecule has 1 aromatic heterocycles. The largest absolute Gasteiger partial charge is 0.490 e. The van der Waals surface area contributed by atoms with Crippen molar-refractivity contribution in [1.82, 2.24) is 0 Å². The summed E-state index contributed by atoms with van der Waals surface area (Å²) in [6.45, 7) is 3.48. The Hall–Kier alpha value is -1.59. The number of hydrogen-bond donors (Lipinski definition) is 1. The van der Waals surface area contributed by atoms with Gasteiger partial charge in [-0.15, -0.1) is 11.3 Å². The number of carboxylic acids is 1. The first-order valence-electron chi connectivity index (χ1n) is 5.67. The molecule has 0 aliphatic rings. The van der Waals surface area contributed by atoms with Crippen molar-refractivity contribution in [1.29, 1.82) is 0 Å². The fraction of sp³-hybridized carbons (Fsp3) is 0.308. The molecule has 0 spiro atoms. The van der Waals surface area contributed by atoms with Gasteiger partial charge in [-0.3, -0.25) is 0 Å². The molecule has 0 radical (unpaired) electrons. The molecule has 18 heavy (non-hydrogen) atoms. The quantitative estimate of drug-likeness (QED) is 0.816. The number of fused-ring (bicyclic) bond motifs is 1. The molecule has 0 fully saturated rings. The first-order chi connectivity index (χ1) is 8.72. The summed E-state index contributed by atoms with van der Waals surface area (Å²) in [5.41, 5.74) is 0.247. The van der Waals surface area contributed by atoms with Crippen LogP contribution in [0.25, 0.3) is 10.1 Å². The van der Waals surface area contributed by atoms with Crippen LogP contribution in [-0.2, 0) is 4.74 Å². The van der Waals surface area contributed by atoms with E-state index in [4.69, 9.17) is 14.6 Å². The normalized spacial score (nSPS) is 10.7. The standard InChI is InChI=1S/C13H14O4S/c1-2-16-4-5-17-11-7-9(13(14)15)8-12-10(11)3-6-18-12/h3,6-8H,2,4-5H2,1H3,(H,14,15). The summed E-state index contributed by atoms with van der Waals surface area (Å²) >= 11 is 1.50. The zero-order valence-corrected chi connectivity index (χ0v) is 10.8. The molecular weight excluding hydrogens is 252 g/mol. The Balaban J connectivity index is 2.23. The molecule has 2 aromatic rings. The van der Waals surface area contributed by atoms with E-state index >= 15 is 0 Å². The molecule has 0 atom stereocenters. The highest BCUT2D eigenvalue weighted by Gasteiger charge is 2.10. The number of thiophene rings is 1. The Kier molecular flexibility index (Phi) is 4.17. The summed E-state index contributed by atoms with van der Waals surface area (Å²) in [7, 11) is 0. The van der Waals surface area contributed by atoms with Crippen molar-refractivity contribution in [3.05, 3.63) is 29.1 Å². The van der Waals surface area contributed by atoms with Gasteiger partial charge in [0.15, 0.2) is 0 Å². The fourth-order valence-corrected chi connectivity index (χ4v) is 2.48. The number of rotatable bonds is 6. The maximum atomic E-state index is 11.0. The molecule has 0 unspecified atom stereocenters. The minimum Gasteiger partial charge on any atom is -0.490 e. The lowest BCUT2D eigenvalue weighted by molar-refractivity contribution is 0.0696. The van der Waals surface area contributed by atoms with E-state index in [1.165, 1.54) is 11.3 Å². The predicted octanol–water partition coefficient (Wildman–Crippen LogP) is 3.01. The molecule has 1 N–H and O–H groups in total. The van der Waals surface area contributed by atoms with E-state index in [9.17, 15) is 4.79 Å². The molecule has 2 rings (SSSR count). The van der Waals surface area contributed by atoms with Gasteiger partial charge in [-0.25, -0.2) is 4.79 Å². The van der Waals surface area contributed by atoms with Crippen LogP contribution < -0.4 is 4.74 Å². The van der Waals surface area contributed by atoms with Gasteiger partial charge in [0.2, 0.25) is 0 Å². The summed E-state index contributed by atoms with van der Waals surface area (Å²) in [5.74, 6) is -0.342. The van der Waals surface area contributed by atoms with Gasteiger partial charge in [-0.2, -0.15) is 0 Å². The molecule has 1 aromatic carbocycles. The van der Waals surface area contributed by atoms with Gasteiger partial charge in [0.1, 0.15) is 12.4 Å². The second-order valence-corrected chi connectivity index (χ2v) is 4.61. The summed E-state index contributed by atoms with van der Waals surface area (Å²) in [5, 5.41) is 11.9. The fourth-order valence-electron chi connectivity index (χ4n) is 1.64. The molecule has 5 heteroatoms. The first-order valence-corrected chi connectivity index (χ1v) is 6.55. The topological polar surface area (TPSA) is 55.8 Å². The van der Waals surface area contributed by atoms with E-state index in [1.54, 1.807) is 12.1 Å². The number of carbonyl (C=O) groups is 1. The highest BCUT2D eigenvalue weighted by atomic mass is 32.1. The van der Waals surface area contributed by atoms with E-state index in [0.717, 1.165) is 10.1 Å². The number of ether oxygens (including phenoxy) is 2. The first kappa shape index (κ1) is 12.9. The Morgan fingerprint density at radius 1 is 1.39 bits per heavy atom. The minimum absolute atomic E-state index is 0.247. The number of aromatic carboxylic acids is 1. The number of hydrogen-bond acceptors (Lipinski definition) is 4. The SMILES string of the molecule is CCOCCOc1cc(C(=O)O)cc2sccc12. The Labute approximate surface area is 109 Å². The smallest absolute Gasteiger partial charge is 0.335 e. The monoisotopic (exact) mass is 266 g/mol. The molecule has 0 aliphatic carbocycles. The molecule has 0 bridgehead atoms. The maximum absolute atomic E-state index is 11.0. The van der Waals surface area contributed by atoms with Crippen LogP contribution in [0.4, 0.5) is 0 Å². The summed E-state index contributed by atoms with van der Waals surface area (Å²) < 4.78 is 11.7. The van der Waals surface area contributed by atoms with Crippen molar-refractivity contribution in [3.8, 4) is 5.75 Å². The van der Waals surface area contributed by atoms with Crippen molar-refractivity contribution in [2.24, 2.45) is 0 Å². The minimum atomic E-state index is -0.944. The molecule has 4 nitrogen and oxygen atoms in total. The van der Waals surface area contributed by atoms with Crippen LogP contribution in [0.2, 0.25) is 0 Å². The van der Waals surface area contributed by atoms with E-state index < -0.39 is 5.97 Å². The van der Waals surface area contributed by atoms with E-state index in [1.807, 2.05) is 18.4 Å². The van der Waals surface area contributed by atoms with Crippen LogP contribution in [0.1, 0.15) is 17.3 Å². The van der Waals surface area contributed by atoms with Crippen LogP contribution in [-0.4, -0.2) is 30.9 Å². The average Bonchev–Trinajstić information content (AvgIpc) is 2.82. The lowest BCUT2D eigenvalue weighted by atomic mass is 10.1. The Bertz CT molecular complexity index is 547. The molecule has 0 aliphatic heterocycles. The van der Waals surface area contributed by atoms with E-state index in [2.05, 4.69) is 0 Å². The average molecular weight is 266 g/mol. The lowest BCUT2D eigenvalue weighted by Crippen LogP contribution is -2.07. The lowest BCUT2D eigenvalue weighted by Gasteiger charge is -2.08. The van der Waals surface area contributed by atoms with Gasteiger partial charge in [-0.05, 0) is 30.5 Å². The van der Waals surface area contributed by atoms with E-state index in [-0.39, 0.29) is 5.56 Å². The Morgan fingerprint density at radius 3 is 2.94 bits per heavy atom. The van der Waals surface area contributed by atoms with Gasteiger partial charge in [0.05, 0.1) is 12.2 Å². The molecule has 0 saturated carbocycles. The van der Waals surface area contributed by atoms with Gasteiger partial charge in [0.25, 0.3) is 0 Å². The Morgan fingerprint density at radius 2 is 2.22 bits per heavy atom. The van der Waals surface area contributed by atoms with Gasteiger partial charge in [0, 0.05) is 16.7 Å². The second-order valence-electron chi connectivity index (χ2n) is 3.66. The third kappa shape index (κ3) is 2.80. The zero-order chi connectivity index (χ0) is 13.0. The summed E-state index contributed by atoms with van der Waals surface area (Å²) in [4.78, 5) is 11.0. The van der Waals surface area contributed by atoms with Crippen LogP contribution >= 0.6 is 11.3 Å². The van der Waals surface area contributed by atoms with Crippen LogP contribution in [0.3, 0.4) is 0 Å². The van der Waals surface area contributed by atoms with Crippen molar-refractivity contribution in [3.63, 3.8) is 0 Å². The highest BCUT2D eigenvalue weighted by molar-refractivity contribution is 7.17. The second kappa shape index (κ2) is 5.84. The van der Waals surface area contributed by atoms with Crippen LogP contribution in [0, 0.1) is 0 Å². The van der Waals surface area contributed by atoms with Crippen molar-refractivity contribution in [2.75, 3.05) is 19.8 Å². The summed E-state index contributed by atoms with van der Waals surface area (Å²) in [6.07, 6.45) is 0. The van der Waals surface area contributed by atoms with Gasteiger partial charge in [-0.1, -0.05) is 0 Å². The van der Waals surface area contributed by atoms with Crippen LogP contribution in [0.15, 0.2) is 23.6 Å². The molecule has 0 amide bonds. The maximum Gasteiger partial charge on any atom is 0.335 e. The molecule has 0 saturated heterocycles. The summed E-state index contributed by atoms with van der Waals surface area (Å²) in [6, 6.07) is 5.16. The highest BCUT2D eigenvalue weighted by Crippen LogP contribution is 2.31. The molecular formula is C13H14O4S. The predicted molar refractivity (Wildman–Crippen MR) is 70.8 cm³/mol. The number of benzene rings is 1. The van der Waals surface area contributed by atoms with Crippen molar-refractivity contribution < 1.29 is 19.4 Å².